The highest BCUT2D eigenvalue weighted by molar-refractivity contribution is 6.59. The highest BCUT2D eigenvalue weighted by atomic mass is 19.1. The van der Waals surface area contributed by atoms with E-state index >= 15 is 0 Å². The minimum absolute atomic E-state index is 0.0846. The molecule has 1 aromatic carbocycles. The summed E-state index contributed by atoms with van der Waals surface area (Å²) in [5.74, 6) is -2.39. The van der Waals surface area contributed by atoms with Gasteiger partial charge in [0.1, 0.15) is 5.82 Å². The number of hydrogen-bond acceptors (Lipinski definition) is 3. The van der Waals surface area contributed by atoms with Crippen LogP contribution < -0.4 is 10.2 Å². The number of hydrogen-bond donors (Lipinski definition) is 2. The Bertz CT molecular complexity index is 394. The van der Waals surface area contributed by atoms with Crippen molar-refractivity contribution in [1.82, 2.24) is 0 Å². The number of methoxy groups -OCH3 is 1. The van der Waals surface area contributed by atoms with Gasteiger partial charge in [0, 0.05) is 0 Å². The number of ether oxygens (including phenoxy) is 1. The molecule has 0 bridgehead atoms. The lowest BCUT2D eigenvalue weighted by Gasteiger charge is -2.15. The number of halogens is 2. The van der Waals surface area contributed by atoms with Crippen LogP contribution in [0.1, 0.15) is 25.3 Å². The summed E-state index contributed by atoms with van der Waals surface area (Å²) in [7, 11) is -0.971. The van der Waals surface area contributed by atoms with E-state index in [9.17, 15) is 8.78 Å². The van der Waals surface area contributed by atoms with Crippen molar-refractivity contribution in [2.75, 3.05) is 7.11 Å². The van der Waals surface area contributed by atoms with Crippen LogP contribution in [0.25, 0.3) is 0 Å². The van der Waals surface area contributed by atoms with Crippen molar-refractivity contribution < 1.29 is 23.6 Å². The Morgan fingerprint density at radius 3 is 2.25 bits per heavy atom. The third kappa shape index (κ3) is 2.17. The van der Waals surface area contributed by atoms with Gasteiger partial charge in [0.05, 0.1) is 12.6 Å². The molecule has 0 saturated heterocycles. The van der Waals surface area contributed by atoms with Crippen LogP contribution in [0.5, 0.6) is 5.75 Å². The van der Waals surface area contributed by atoms with Gasteiger partial charge in [-0.2, -0.15) is 0 Å². The normalized spacial score (nSPS) is 10.8. The van der Waals surface area contributed by atoms with Gasteiger partial charge in [0.25, 0.3) is 0 Å². The molecule has 0 aliphatic rings. The Hall–Kier alpha value is -1.14. The van der Waals surface area contributed by atoms with Crippen LogP contribution in [0.2, 0.25) is 0 Å². The van der Waals surface area contributed by atoms with Crippen LogP contribution in [-0.4, -0.2) is 24.3 Å². The summed E-state index contributed by atoms with van der Waals surface area (Å²) in [5.41, 5.74) is -0.479. The van der Waals surface area contributed by atoms with Crippen molar-refractivity contribution in [2.24, 2.45) is 0 Å². The third-order valence-electron chi connectivity index (χ3n) is 2.32. The SMILES string of the molecule is COc1c(F)cc(C(C)C)c(F)c1B(O)O. The molecule has 3 nitrogen and oxygen atoms in total. The van der Waals surface area contributed by atoms with Crippen molar-refractivity contribution in [3.05, 3.63) is 23.3 Å². The van der Waals surface area contributed by atoms with E-state index in [0.717, 1.165) is 13.2 Å². The molecule has 16 heavy (non-hydrogen) atoms. The molecular weight excluding hydrogens is 217 g/mol. The van der Waals surface area contributed by atoms with Gasteiger partial charge in [-0.15, -0.1) is 0 Å². The Balaban J connectivity index is 3.52. The van der Waals surface area contributed by atoms with E-state index in [4.69, 9.17) is 10.0 Å². The molecule has 0 amide bonds. The molecule has 88 valence electrons. The predicted molar refractivity (Wildman–Crippen MR) is 56.8 cm³/mol. The van der Waals surface area contributed by atoms with E-state index in [0.29, 0.717) is 0 Å². The molecule has 0 heterocycles. The molecule has 0 spiro atoms. The molecule has 0 saturated carbocycles. The Morgan fingerprint density at radius 1 is 1.31 bits per heavy atom. The predicted octanol–water partition coefficient (Wildman–Crippen LogP) is 0.777. The van der Waals surface area contributed by atoms with E-state index < -0.39 is 30.0 Å². The van der Waals surface area contributed by atoms with Gasteiger partial charge < -0.3 is 14.8 Å². The van der Waals surface area contributed by atoms with Gasteiger partial charge in [0.15, 0.2) is 11.6 Å². The molecule has 1 rings (SSSR count). The van der Waals surface area contributed by atoms with Crippen LogP contribution in [0.15, 0.2) is 6.07 Å². The fourth-order valence-corrected chi connectivity index (χ4v) is 1.51. The van der Waals surface area contributed by atoms with E-state index in [-0.39, 0.29) is 11.5 Å². The Kier molecular flexibility index (Phi) is 3.88. The second-order valence-electron chi connectivity index (χ2n) is 3.74. The molecule has 0 radical (unpaired) electrons. The number of rotatable bonds is 3. The van der Waals surface area contributed by atoms with Crippen LogP contribution >= 0.6 is 0 Å². The van der Waals surface area contributed by atoms with E-state index in [1.54, 1.807) is 13.8 Å². The molecule has 0 aromatic heterocycles. The second kappa shape index (κ2) is 4.80. The first kappa shape index (κ1) is 12.9. The van der Waals surface area contributed by atoms with Crippen molar-refractivity contribution in [3.8, 4) is 5.75 Å². The van der Waals surface area contributed by atoms with E-state index in [2.05, 4.69) is 4.74 Å². The maximum absolute atomic E-state index is 13.8. The molecule has 0 atom stereocenters. The number of benzene rings is 1. The van der Waals surface area contributed by atoms with Crippen LogP contribution in [-0.2, 0) is 0 Å². The summed E-state index contributed by atoms with van der Waals surface area (Å²) in [4.78, 5) is 0. The zero-order valence-electron chi connectivity index (χ0n) is 9.29. The van der Waals surface area contributed by atoms with Crippen molar-refractivity contribution in [3.63, 3.8) is 0 Å². The lowest BCUT2D eigenvalue weighted by molar-refractivity contribution is 0.376. The largest absolute Gasteiger partial charge is 0.495 e. The average Bonchev–Trinajstić information content (AvgIpc) is 2.19. The molecule has 0 aliphatic heterocycles. The van der Waals surface area contributed by atoms with Gasteiger partial charge in [0.2, 0.25) is 0 Å². The van der Waals surface area contributed by atoms with Gasteiger partial charge in [-0.1, -0.05) is 13.8 Å². The molecule has 6 heteroatoms. The van der Waals surface area contributed by atoms with Gasteiger partial charge >= 0.3 is 7.12 Å². The quantitative estimate of drug-likeness (QED) is 0.754. The first-order valence-electron chi connectivity index (χ1n) is 4.82. The summed E-state index contributed by atoms with van der Waals surface area (Å²) in [6, 6.07) is 1.00. The summed E-state index contributed by atoms with van der Waals surface area (Å²) in [6.45, 7) is 3.36. The standard InChI is InChI=1S/C10H13BF2O3/c1-5(2)6-4-7(12)10(16-3)8(9(6)13)11(14)15/h4-5,14-15H,1-3H3. The van der Waals surface area contributed by atoms with Crippen molar-refractivity contribution in [1.29, 1.82) is 0 Å². The van der Waals surface area contributed by atoms with Crippen LogP contribution in [0.4, 0.5) is 8.78 Å². The lowest BCUT2D eigenvalue weighted by Crippen LogP contribution is -2.35. The first-order valence-corrected chi connectivity index (χ1v) is 4.82. The van der Waals surface area contributed by atoms with Crippen molar-refractivity contribution in [2.45, 2.75) is 19.8 Å². The topological polar surface area (TPSA) is 49.7 Å². The molecular formula is C10H13BF2O3. The highest BCUT2D eigenvalue weighted by Gasteiger charge is 2.28. The third-order valence-corrected chi connectivity index (χ3v) is 2.32. The summed E-state index contributed by atoms with van der Waals surface area (Å²) < 4.78 is 32.0. The fourth-order valence-electron chi connectivity index (χ4n) is 1.51. The van der Waals surface area contributed by atoms with Gasteiger partial charge in [-0.25, -0.2) is 8.78 Å². The van der Waals surface area contributed by atoms with E-state index in [1.807, 2.05) is 0 Å². The van der Waals surface area contributed by atoms with E-state index in [1.165, 1.54) is 0 Å². The maximum Gasteiger partial charge on any atom is 0.495 e. The fraction of sp³-hybridized carbons (Fsp3) is 0.400. The Labute approximate surface area is 92.8 Å². The zero-order chi connectivity index (χ0) is 12.5. The monoisotopic (exact) mass is 230 g/mol. The summed E-state index contributed by atoms with van der Waals surface area (Å²) in [5, 5.41) is 18.0. The smallest absolute Gasteiger partial charge is 0.494 e. The molecule has 0 unspecified atom stereocenters. The summed E-state index contributed by atoms with van der Waals surface area (Å²) in [6.07, 6.45) is 0. The molecule has 2 N–H and O–H groups in total. The first-order chi connectivity index (χ1) is 7.40. The van der Waals surface area contributed by atoms with Crippen LogP contribution in [0, 0.1) is 11.6 Å². The Morgan fingerprint density at radius 2 is 1.88 bits per heavy atom. The zero-order valence-corrected chi connectivity index (χ0v) is 9.29. The van der Waals surface area contributed by atoms with Gasteiger partial charge in [-0.3, -0.25) is 0 Å². The summed E-state index contributed by atoms with van der Waals surface area (Å²) >= 11 is 0. The molecule has 1 aromatic rings. The highest BCUT2D eigenvalue weighted by Crippen LogP contribution is 2.24. The van der Waals surface area contributed by atoms with Gasteiger partial charge in [-0.05, 0) is 17.5 Å². The second-order valence-corrected chi connectivity index (χ2v) is 3.74. The average molecular weight is 230 g/mol. The maximum atomic E-state index is 13.8. The molecule has 0 aliphatic carbocycles. The minimum atomic E-state index is -2.11. The van der Waals surface area contributed by atoms with Crippen LogP contribution in [0.3, 0.4) is 0 Å². The lowest BCUT2D eigenvalue weighted by atomic mass is 9.77. The van der Waals surface area contributed by atoms with Crippen molar-refractivity contribution >= 4 is 12.6 Å². The minimum Gasteiger partial charge on any atom is -0.494 e. The molecule has 0 fully saturated rings.